The van der Waals surface area contributed by atoms with Crippen molar-refractivity contribution in [2.45, 2.75) is 13.0 Å². The average molecular weight is 229 g/mol. The van der Waals surface area contributed by atoms with Crippen molar-refractivity contribution in [3.8, 4) is 5.75 Å². The Bertz CT molecular complexity index is 363. The van der Waals surface area contributed by atoms with Crippen LogP contribution in [0.1, 0.15) is 17.3 Å². The predicted octanol–water partition coefficient (Wildman–Crippen LogP) is 2.57. The van der Waals surface area contributed by atoms with E-state index in [9.17, 15) is 4.79 Å². The third-order valence-electron chi connectivity index (χ3n) is 2.16. The molecule has 1 aromatic carbocycles. The molecule has 0 saturated carbocycles. The molecule has 82 valence electrons. The summed E-state index contributed by atoms with van der Waals surface area (Å²) in [5, 5.41) is 0.485. The fraction of sp³-hybridized carbons (Fsp3) is 0.364. The van der Waals surface area contributed by atoms with Crippen molar-refractivity contribution < 1.29 is 14.3 Å². The fourth-order valence-electron chi connectivity index (χ4n) is 1.15. The molecule has 0 saturated heterocycles. The summed E-state index contributed by atoms with van der Waals surface area (Å²) in [6.07, 6.45) is -0.462. The van der Waals surface area contributed by atoms with Crippen LogP contribution in [0.25, 0.3) is 0 Å². The van der Waals surface area contributed by atoms with Gasteiger partial charge in [0.25, 0.3) is 0 Å². The van der Waals surface area contributed by atoms with Gasteiger partial charge in [0.1, 0.15) is 11.9 Å². The zero-order chi connectivity index (χ0) is 11.4. The standard InChI is InChI=1S/C11H13ClO3/c1-7(14-2)11(13)8-4-5-9(12)10(6-8)15-3/h4-7H,1-3H3. The molecule has 1 atom stereocenters. The molecular weight excluding hydrogens is 216 g/mol. The second-order valence-electron chi connectivity index (χ2n) is 3.09. The summed E-state index contributed by atoms with van der Waals surface area (Å²) in [5.74, 6) is 0.401. The molecule has 15 heavy (non-hydrogen) atoms. The van der Waals surface area contributed by atoms with Crippen molar-refractivity contribution in [2.24, 2.45) is 0 Å². The Kier molecular flexibility index (Phi) is 4.12. The highest BCUT2D eigenvalue weighted by Gasteiger charge is 2.15. The molecule has 0 aliphatic carbocycles. The first-order valence-electron chi connectivity index (χ1n) is 4.50. The van der Waals surface area contributed by atoms with Crippen LogP contribution in [0.4, 0.5) is 0 Å². The number of ketones is 1. The first-order chi connectivity index (χ1) is 7.10. The second-order valence-corrected chi connectivity index (χ2v) is 3.50. The Morgan fingerprint density at radius 3 is 2.60 bits per heavy atom. The molecule has 0 fully saturated rings. The number of halogens is 1. The summed E-state index contributed by atoms with van der Waals surface area (Å²) in [6, 6.07) is 4.90. The number of hydrogen-bond acceptors (Lipinski definition) is 3. The quantitative estimate of drug-likeness (QED) is 0.743. The molecule has 0 aliphatic rings. The monoisotopic (exact) mass is 228 g/mol. The summed E-state index contributed by atoms with van der Waals surface area (Å²) in [4.78, 5) is 11.7. The SMILES string of the molecule is COc1cc(C(=O)C(C)OC)ccc1Cl. The highest BCUT2D eigenvalue weighted by atomic mass is 35.5. The molecule has 0 aromatic heterocycles. The second kappa shape index (κ2) is 5.14. The van der Waals surface area contributed by atoms with Crippen LogP contribution in [0.15, 0.2) is 18.2 Å². The van der Waals surface area contributed by atoms with Gasteiger partial charge in [0.15, 0.2) is 5.78 Å². The average Bonchev–Trinajstić information content (AvgIpc) is 2.27. The Hall–Kier alpha value is -1.06. The van der Waals surface area contributed by atoms with Crippen LogP contribution in [0.2, 0.25) is 5.02 Å². The largest absolute Gasteiger partial charge is 0.495 e. The van der Waals surface area contributed by atoms with E-state index in [1.165, 1.54) is 14.2 Å². The van der Waals surface area contributed by atoms with Crippen LogP contribution in [-0.2, 0) is 4.74 Å². The van der Waals surface area contributed by atoms with Crippen molar-refractivity contribution in [2.75, 3.05) is 14.2 Å². The summed E-state index contributed by atoms with van der Waals surface area (Å²) in [7, 11) is 3.00. The molecule has 1 unspecified atom stereocenters. The van der Waals surface area contributed by atoms with Gasteiger partial charge >= 0.3 is 0 Å². The van der Waals surface area contributed by atoms with E-state index in [1.807, 2.05) is 0 Å². The maximum absolute atomic E-state index is 11.7. The van der Waals surface area contributed by atoms with Crippen LogP contribution in [-0.4, -0.2) is 26.1 Å². The van der Waals surface area contributed by atoms with Crippen molar-refractivity contribution in [1.82, 2.24) is 0 Å². The molecule has 0 amide bonds. The van der Waals surface area contributed by atoms with E-state index in [0.29, 0.717) is 16.3 Å². The Balaban J connectivity index is 3.01. The van der Waals surface area contributed by atoms with Gasteiger partial charge in [-0.25, -0.2) is 0 Å². The molecule has 0 radical (unpaired) electrons. The minimum atomic E-state index is -0.462. The molecule has 1 aromatic rings. The van der Waals surface area contributed by atoms with Crippen molar-refractivity contribution >= 4 is 17.4 Å². The third-order valence-corrected chi connectivity index (χ3v) is 2.47. The first kappa shape index (κ1) is 12.0. The van der Waals surface area contributed by atoms with E-state index < -0.39 is 6.10 Å². The number of benzene rings is 1. The lowest BCUT2D eigenvalue weighted by atomic mass is 10.1. The summed E-state index contributed by atoms with van der Waals surface area (Å²) in [5.41, 5.74) is 0.533. The highest BCUT2D eigenvalue weighted by Crippen LogP contribution is 2.25. The van der Waals surface area contributed by atoms with Crippen LogP contribution in [0.5, 0.6) is 5.75 Å². The first-order valence-corrected chi connectivity index (χ1v) is 4.88. The van der Waals surface area contributed by atoms with Crippen LogP contribution in [0, 0.1) is 0 Å². The number of ether oxygens (including phenoxy) is 2. The maximum atomic E-state index is 11.7. The van der Waals surface area contributed by atoms with E-state index in [1.54, 1.807) is 25.1 Å². The van der Waals surface area contributed by atoms with Crippen molar-refractivity contribution in [3.05, 3.63) is 28.8 Å². The molecule has 1 rings (SSSR count). The maximum Gasteiger partial charge on any atom is 0.191 e. The van der Waals surface area contributed by atoms with Gasteiger partial charge in [-0.3, -0.25) is 4.79 Å². The van der Waals surface area contributed by atoms with Gasteiger partial charge in [0.2, 0.25) is 0 Å². The van der Waals surface area contributed by atoms with Crippen molar-refractivity contribution in [3.63, 3.8) is 0 Å². The molecule has 0 N–H and O–H groups in total. The lowest BCUT2D eigenvalue weighted by Crippen LogP contribution is -2.19. The smallest absolute Gasteiger partial charge is 0.191 e. The zero-order valence-corrected chi connectivity index (χ0v) is 9.67. The van der Waals surface area contributed by atoms with Gasteiger partial charge in [-0.15, -0.1) is 0 Å². The van der Waals surface area contributed by atoms with Crippen LogP contribution >= 0.6 is 11.6 Å². The number of carbonyl (C=O) groups is 1. The number of rotatable bonds is 4. The fourth-order valence-corrected chi connectivity index (χ4v) is 1.35. The molecule has 4 heteroatoms. The number of hydrogen-bond donors (Lipinski definition) is 0. The predicted molar refractivity (Wildman–Crippen MR) is 58.8 cm³/mol. The van der Waals surface area contributed by atoms with Crippen LogP contribution in [0.3, 0.4) is 0 Å². The van der Waals surface area contributed by atoms with Gasteiger partial charge in [-0.2, -0.15) is 0 Å². The van der Waals surface area contributed by atoms with Gasteiger partial charge in [0.05, 0.1) is 12.1 Å². The Morgan fingerprint density at radius 2 is 2.07 bits per heavy atom. The molecule has 0 spiro atoms. The van der Waals surface area contributed by atoms with Gasteiger partial charge in [0, 0.05) is 12.7 Å². The number of methoxy groups -OCH3 is 2. The molecule has 3 nitrogen and oxygen atoms in total. The summed E-state index contributed by atoms with van der Waals surface area (Å²) >= 11 is 5.85. The van der Waals surface area contributed by atoms with Gasteiger partial charge < -0.3 is 9.47 Å². The van der Waals surface area contributed by atoms with E-state index in [-0.39, 0.29) is 5.78 Å². The highest BCUT2D eigenvalue weighted by molar-refractivity contribution is 6.32. The van der Waals surface area contributed by atoms with Gasteiger partial charge in [-0.05, 0) is 25.1 Å². The third kappa shape index (κ3) is 2.70. The van der Waals surface area contributed by atoms with Crippen molar-refractivity contribution in [1.29, 1.82) is 0 Å². The van der Waals surface area contributed by atoms with E-state index in [2.05, 4.69) is 0 Å². The lowest BCUT2D eigenvalue weighted by Gasteiger charge is -2.10. The summed E-state index contributed by atoms with van der Waals surface area (Å²) in [6.45, 7) is 1.70. The molecule has 0 heterocycles. The Labute approximate surface area is 93.9 Å². The molecule has 0 aliphatic heterocycles. The molecular formula is C11H13ClO3. The van der Waals surface area contributed by atoms with E-state index >= 15 is 0 Å². The number of Topliss-reactive ketones (excluding diaryl/α,β-unsaturated/α-hetero) is 1. The van der Waals surface area contributed by atoms with Gasteiger partial charge in [-0.1, -0.05) is 11.6 Å². The zero-order valence-electron chi connectivity index (χ0n) is 8.91. The summed E-state index contributed by atoms with van der Waals surface area (Å²) < 4.78 is 9.97. The molecule has 0 bridgehead atoms. The minimum absolute atomic E-state index is 0.0903. The number of carbonyl (C=O) groups excluding carboxylic acids is 1. The van der Waals surface area contributed by atoms with E-state index in [0.717, 1.165) is 0 Å². The topological polar surface area (TPSA) is 35.5 Å². The normalized spacial score (nSPS) is 12.3. The van der Waals surface area contributed by atoms with E-state index in [4.69, 9.17) is 21.1 Å². The lowest BCUT2D eigenvalue weighted by molar-refractivity contribution is 0.0655. The minimum Gasteiger partial charge on any atom is -0.495 e. The van der Waals surface area contributed by atoms with Crippen LogP contribution < -0.4 is 4.74 Å². The Morgan fingerprint density at radius 1 is 1.40 bits per heavy atom.